The molecule has 2 rings (SSSR count). The van der Waals surface area contributed by atoms with Crippen molar-refractivity contribution >= 4 is 12.0 Å². The maximum atomic E-state index is 12.3. The van der Waals surface area contributed by atoms with Gasteiger partial charge in [-0.25, -0.2) is 4.79 Å². The van der Waals surface area contributed by atoms with Crippen LogP contribution in [0.2, 0.25) is 0 Å². The molecule has 29 heavy (non-hydrogen) atoms. The molecule has 0 fully saturated rings. The Balaban J connectivity index is 2.04. The van der Waals surface area contributed by atoms with Crippen molar-refractivity contribution in [2.75, 3.05) is 6.54 Å². The second-order valence-corrected chi connectivity index (χ2v) is 8.09. The number of alkyl carbamates (subject to hydrolysis) is 1. The normalized spacial score (nSPS) is 13.3. The van der Waals surface area contributed by atoms with Gasteiger partial charge in [-0.2, -0.15) is 0 Å². The molecule has 1 unspecified atom stereocenters. The highest BCUT2D eigenvalue weighted by Crippen LogP contribution is 2.09. The van der Waals surface area contributed by atoms with Crippen LogP contribution in [-0.2, 0) is 22.4 Å². The fourth-order valence-corrected chi connectivity index (χ4v) is 2.95. The molecule has 2 atom stereocenters. The Morgan fingerprint density at radius 3 is 1.93 bits per heavy atom. The Morgan fingerprint density at radius 1 is 0.931 bits per heavy atom. The maximum absolute atomic E-state index is 12.3. The third-order valence-corrected chi connectivity index (χ3v) is 4.28. The predicted octanol–water partition coefficient (Wildman–Crippen LogP) is 2.81. The van der Waals surface area contributed by atoms with Gasteiger partial charge in [0.25, 0.3) is 0 Å². The molecule has 2 amide bonds. The van der Waals surface area contributed by atoms with E-state index in [4.69, 9.17) is 10.5 Å². The Hall–Kier alpha value is -2.86. The number of ether oxygens (including phenoxy) is 1. The van der Waals surface area contributed by atoms with Crippen LogP contribution in [0.1, 0.15) is 31.9 Å². The number of rotatable bonds is 9. The van der Waals surface area contributed by atoms with E-state index >= 15 is 0 Å². The Labute approximate surface area is 172 Å². The topological polar surface area (TPSA) is 93.4 Å². The van der Waals surface area contributed by atoms with E-state index in [2.05, 4.69) is 10.6 Å². The summed E-state index contributed by atoms with van der Waals surface area (Å²) < 4.78 is 5.39. The number of nitrogens with two attached hydrogens (primary N) is 1. The summed E-state index contributed by atoms with van der Waals surface area (Å²) in [5.74, 6) is -0.426. The number of nitrogens with one attached hydrogen (secondary N) is 2. The van der Waals surface area contributed by atoms with Crippen LogP contribution in [0.25, 0.3) is 0 Å². The highest BCUT2D eigenvalue weighted by atomic mass is 16.6. The second kappa shape index (κ2) is 10.6. The quantitative estimate of drug-likeness (QED) is 0.607. The smallest absolute Gasteiger partial charge is 0.407 e. The van der Waals surface area contributed by atoms with Crippen LogP contribution in [0.15, 0.2) is 60.7 Å². The lowest BCUT2D eigenvalue weighted by atomic mass is 10.0. The summed E-state index contributed by atoms with van der Waals surface area (Å²) in [6.07, 6.45) is 0.601. The molecular formula is C23H31N3O3. The van der Waals surface area contributed by atoms with Crippen LogP contribution in [0, 0.1) is 0 Å². The molecule has 2 aromatic carbocycles. The lowest BCUT2D eigenvalue weighted by molar-refractivity contribution is -0.120. The molecular weight excluding hydrogens is 366 g/mol. The van der Waals surface area contributed by atoms with Gasteiger partial charge in [0.05, 0.1) is 6.04 Å². The van der Waals surface area contributed by atoms with Gasteiger partial charge in [0.15, 0.2) is 0 Å². The monoisotopic (exact) mass is 397 g/mol. The highest BCUT2D eigenvalue weighted by molar-refractivity contribution is 5.80. The number of carbonyl (C=O) groups excluding carboxylic acids is 2. The SMILES string of the molecule is CC(C)(C)OC(=O)NC(CN[C@@H](Cc1ccccc1)C(N)=O)Cc1ccccc1. The molecule has 0 aromatic heterocycles. The van der Waals surface area contributed by atoms with Gasteiger partial charge in [0.1, 0.15) is 5.60 Å². The first-order chi connectivity index (χ1) is 13.7. The molecule has 6 nitrogen and oxygen atoms in total. The fraction of sp³-hybridized carbons (Fsp3) is 0.391. The van der Waals surface area contributed by atoms with Gasteiger partial charge in [-0.15, -0.1) is 0 Å². The minimum Gasteiger partial charge on any atom is -0.444 e. The van der Waals surface area contributed by atoms with E-state index in [-0.39, 0.29) is 6.04 Å². The first kappa shape index (κ1) is 22.4. The van der Waals surface area contributed by atoms with Crippen molar-refractivity contribution < 1.29 is 14.3 Å². The molecule has 156 valence electrons. The molecule has 4 N–H and O–H groups in total. The minimum absolute atomic E-state index is 0.259. The molecule has 0 heterocycles. The maximum Gasteiger partial charge on any atom is 0.407 e. The van der Waals surface area contributed by atoms with Crippen molar-refractivity contribution in [3.8, 4) is 0 Å². The first-order valence-corrected chi connectivity index (χ1v) is 9.83. The van der Waals surface area contributed by atoms with Crippen molar-refractivity contribution in [3.63, 3.8) is 0 Å². The van der Waals surface area contributed by atoms with E-state index in [0.717, 1.165) is 11.1 Å². The summed E-state index contributed by atoms with van der Waals surface area (Å²) in [4.78, 5) is 24.2. The average Bonchev–Trinajstić information content (AvgIpc) is 2.64. The average molecular weight is 398 g/mol. The standard InChI is InChI=1S/C23H31N3O3/c1-23(2,3)29-22(28)26-19(14-17-10-6-4-7-11-17)16-25-20(21(24)27)15-18-12-8-5-9-13-18/h4-13,19-20,25H,14-16H2,1-3H3,(H2,24,27)(H,26,28)/t19?,20-/m0/s1. The molecule has 0 radical (unpaired) electrons. The van der Waals surface area contributed by atoms with Crippen LogP contribution < -0.4 is 16.4 Å². The second-order valence-electron chi connectivity index (χ2n) is 8.09. The number of benzene rings is 2. The van der Waals surface area contributed by atoms with Crippen LogP contribution in [0.3, 0.4) is 0 Å². The summed E-state index contributed by atoms with van der Waals surface area (Å²) in [5, 5.41) is 6.12. The minimum atomic E-state index is -0.585. The van der Waals surface area contributed by atoms with Gasteiger partial charge >= 0.3 is 6.09 Å². The van der Waals surface area contributed by atoms with Gasteiger partial charge in [-0.3, -0.25) is 4.79 Å². The third-order valence-electron chi connectivity index (χ3n) is 4.28. The number of hydrogen-bond acceptors (Lipinski definition) is 4. The lowest BCUT2D eigenvalue weighted by Crippen LogP contribution is -2.51. The Morgan fingerprint density at radius 2 is 1.45 bits per heavy atom. The van der Waals surface area contributed by atoms with Crippen LogP contribution >= 0.6 is 0 Å². The van der Waals surface area contributed by atoms with Crippen molar-refractivity contribution in [1.82, 2.24) is 10.6 Å². The Kier molecular flexibility index (Phi) is 8.21. The van der Waals surface area contributed by atoms with E-state index in [1.807, 2.05) is 81.4 Å². The largest absolute Gasteiger partial charge is 0.444 e. The summed E-state index contributed by atoms with van der Waals surface area (Å²) in [6, 6.07) is 18.8. The molecule has 0 bridgehead atoms. The predicted molar refractivity (Wildman–Crippen MR) is 114 cm³/mol. The van der Waals surface area contributed by atoms with E-state index in [1.54, 1.807) is 0 Å². The first-order valence-electron chi connectivity index (χ1n) is 9.83. The van der Waals surface area contributed by atoms with E-state index in [0.29, 0.717) is 19.4 Å². The summed E-state index contributed by atoms with van der Waals surface area (Å²) in [5.41, 5.74) is 7.10. The molecule has 0 aliphatic heterocycles. The zero-order valence-electron chi connectivity index (χ0n) is 17.4. The third kappa shape index (κ3) is 8.79. The van der Waals surface area contributed by atoms with Gasteiger partial charge in [-0.1, -0.05) is 60.7 Å². The van der Waals surface area contributed by atoms with E-state index in [1.165, 1.54) is 0 Å². The van der Waals surface area contributed by atoms with Gasteiger partial charge in [-0.05, 0) is 44.7 Å². The molecule has 0 saturated heterocycles. The number of hydrogen-bond donors (Lipinski definition) is 3. The number of amides is 2. The lowest BCUT2D eigenvalue weighted by Gasteiger charge is -2.25. The summed E-state index contributed by atoms with van der Waals surface area (Å²) >= 11 is 0. The molecule has 0 aliphatic carbocycles. The van der Waals surface area contributed by atoms with Gasteiger partial charge < -0.3 is 21.1 Å². The molecule has 0 aliphatic rings. The van der Waals surface area contributed by atoms with Crippen LogP contribution in [0.5, 0.6) is 0 Å². The number of primary amides is 1. The summed E-state index contributed by atoms with van der Waals surface area (Å²) in [7, 11) is 0. The van der Waals surface area contributed by atoms with Crippen molar-refractivity contribution in [2.24, 2.45) is 5.73 Å². The van der Waals surface area contributed by atoms with E-state index < -0.39 is 23.6 Å². The Bertz CT molecular complexity index is 773. The van der Waals surface area contributed by atoms with Crippen molar-refractivity contribution in [1.29, 1.82) is 0 Å². The van der Waals surface area contributed by atoms with Gasteiger partial charge in [0, 0.05) is 12.6 Å². The molecule has 0 saturated carbocycles. The van der Waals surface area contributed by atoms with Crippen molar-refractivity contribution in [3.05, 3.63) is 71.8 Å². The van der Waals surface area contributed by atoms with Crippen molar-refractivity contribution in [2.45, 2.75) is 51.3 Å². The molecule has 2 aromatic rings. The van der Waals surface area contributed by atoms with Crippen LogP contribution in [0.4, 0.5) is 4.79 Å². The number of carbonyl (C=O) groups is 2. The van der Waals surface area contributed by atoms with E-state index in [9.17, 15) is 9.59 Å². The zero-order valence-corrected chi connectivity index (χ0v) is 17.4. The fourth-order valence-electron chi connectivity index (χ4n) is 2.95. The zero-order chi connectivity index (χ0) is 21.3. The van der Waals surface area contributed by atoms with Gasteiger partial charge in [0.2, 0.25) is 5.91 Å². The highest BCUT2D eigenvalue weighted by Gasteiger charge is 2.22. The van der Waals surface area contributed by atoms with Crippen LogP contribution in [-0.4, -0.2) is 36.2 Å². The molecule has 0 spiro atoms. The molecule has 6 heteroatoms. The summed E-state index contributed by atoms with van der Waals surface area (Å²) in [6.45, 7) is 5.84.